The Labute approximate surface area is 101 Å². The van der Waals surface area contributed by atoms with E-state index in [0.29, 0.717) is 13.0 Å². The first kappa shape index (κ1) is 13.0. The van der Waals surface area contributed by atoms with Gasteiger partial charge in [0.1, 0.15) is 5.82 Å². The summed E-state index contributed by atoms with van der Waals surface area (Å²) in [5, 5.41) is 2.70. The first-order chi connectivity index (χ1) is 8.22. The van der Waals surface area contributed by atoms with Gasteiger partial charge in [0.2, 0.25) is 5.91 Å². The lowest BCUT2D eigenvalue weighted by molar-refractivity contribution is -0.116. The Balaban J connectivity index is 2.35. The molecule has 0 unspecified atom stereocenters. The van der Waals surface area contributed by atoms with Crippen LogP contribution in [0.25, 0.3) is 6.08 Å². The van der Waals surface area contributed by atoms with Crippen LogP contribution in [0.1, 0.15) is 18.4 Å². The number of nitrogens with one attached hydrogen (secondary N) is 1. The molecule has 3 heteroatoms. The highest BCUT2D eigenvalue weighted by Crippen LogP contribution is 2.04. The Morgan fingerprint density at radius 1 is 1.41 bits per heavy atom. The van der Waals surface area contributed by atoms with Crippen LogP contribution in [0.3, 0.4) is 0 Å². The fourth-order valence-corrected chi connectivity index (χ4v) is 1.21. The highest BCUT2D eigenvalue weighted by Gasteiger charge is 1.94. The largest absolute Gasteiger partial charge is 0.353 e. The Bertz CT molecular complexity index is 429. The second-order valence-electron chi connectivity index (χ2n) is 3.48. The van der Waals surface area contributed by atoms with Crippen molar-refractivity contribution in [2.45, 2.75) is 12.8 Å². The molecule has 0 aliphatic rings. The van der Waals surface area contributed by atoms with E-state index in [1.165, 1.54) is 18.2 Å². The van der Waals surface area contributed by atoms with Crippen molar-refractivity contribution < 1.29 is 9.18 Å². The van der Waals surface area contributed by atoms with Crippen molar-refractivity contribution >= 4 is 12.0 Å². The average molecular weight is 231 g/mol. The van der Waals surface area contributed by atoms with Crippen molar-refractivity contribution in [3.05, 3.63) is 41.7 Å². The van der Waals surface area contributed by atoms with E-state index in [9.17, 15) is 9.18 Å². The van der Waals surface area contributed by atoms with Crippen LogP contribution in [0.15, 0.2) is 30.3 Å². The third-order valence-electron chi connectivity index (χ3n) is 2.09. The minimum atomic E-state index is -0.291. The lowest BCUT2D eigenvalue weighted by Crippen LogP contribution is -2.21. The van der Waals surface area contributed by atoms with E-state index >= 15 is 0 Å². The summed E-state index contributed by atoms with van der Waals surface area (Å²) in [5.41, 5.74) is 0.783. The van der Waals surface area contributed by atoms with E-state index < -0.39 is 0 Å². The molecule has 0 heterocycles. The third kappa shape index (κ3) is 5.53. The molecule has 0 bridgehead atoms. The van der Waals surface area contributed by atoms with Crippen LogP contribution in [0.4, 0.5) is 4.39 Å². The zero-order valence-electron chi connectivity index (χ0n) is 9.45. The lowest BCUT2D eigenvalue weighted by atomic mass is 10.2. The Hall–Kier alpha value is -2.08. The predicted octanol–water partition coefficient (Wildman–Crippen LogP) is 2.37. The van der Waals surface area contributed by atoms with E-state index in [1.807, 2.05) is 0 Å². The normalized spacial score (nSPS) is 10.1. The second-order valence-corrected chi connectivity index (χ2v) is 3.48. The van der Waals surface area contributed by atoms with Crippen LogP contribution in [0.5, 0.6) is 0 Å². The van der Waals surface area contributed by atoms with Crippen molar-refractivity contribution in [2.75, 3.05) is 6.54 Å². The number of carbonyl (C=O) groups excluding carboxylic acids is 1. The molecule has 0 aliphatic heterocycles. The van der Waals surface area contributed by atoms with Gasteiger partial charge < -0.3 is 5.32 Å². The molecule has 1 rings (SSSR count). The summed E-state index contributed by atoms with van der Waals surface area (Å²) in [6.45, 7) is 0.566. The summed E-state index contributed by atoms with van der Waals surface area (Å²) in [6.07, 6.45) is 9.56. The standard InChI is InChI=1S/C14H14FNO/c1-2-3-4-11-16-14(17)10-7-12-5-8-13(15)9-6-12/h1,5-10H,3-4,11H2,(H,16,17)/b10-7+. The molecule has 2 nitrogen and oxygen atoms in total. The SMILES string of the molecule is C#CCCCNC(=O)/C=C/c1ccc(F)cc1. The van der Waals surface area contributed by atoms with Crippen molar-refractivity contribution in [1.82, 2.24) is 5.32 Å². The average Bonchev–Trinajstić information content (AvgIpc) is 2.34. The molecule has 0 saturated heterocycles. The number of halogens is 1. The molecule has 0 aromatic heterocycles. The molecule has 88 valence electrons. The van der Waals surface area contributed by atoms with E-state index in [1.54, 1.807) is 18.2 Å². The molecule has 1 N–H and O–H groups in total. The number of unbranched alkanes of at least 4 members (excludes halogenated alkanes) is 1. The number of carbonyl (C=O) groups is 1. The lowest BCUT2D eigenvalue weighted by Gasteiger charge is -1.99. The van der Waals surface area contributed by atoms with Gasteiger partial charge in [-0.25, -0.2) is 4.39 Å². The summed E-state index contributed by atoms with van der Waals surface area (Å²) >= 11 is 0. The van der Waals surface area contributed by atoms with Crippen LogP contribution in [0.2, 0.25) is 0 Å². The fourth-order valence-electron chi connectivity index (χ4n) is 1.21. The van der Waals surface area contributed by atoms with Gasteiger partial charge >= 0.3 is 0 Å². The van der Waals surface area contributed by atoms with Crippen molar-refractivity contribution in [2.24, 2.45) is 0 Å². The molecule has 1 amide bonds. The second kappa shape index (κ2) is 7.24. The van der Waals surface area contributed by atoms with Gasteiger partial charge in [-0.3, -0.25) is 4.79 Å². The minimum Gasteiger partial charge on any atom is -0.353 e. The highest BCUT2D eigenvalue weighted by atomic mass is 19.1. The van der Waals surface area contributed by atoms with Gasteiger partial charge in [-0.2, -0.15) is 0 Å². The number of benzene rings is 1. The van der Waals surface area contributed by atoms with Gasteiger partial charge in [0.15, 0.2) is 0 Å². The molecule has 0 atom stereocenters. The molecule has 0 fully saturated rings. The van der Waals surface area contributed by atoms with E-state index in [2.05, 4.69) is 11.2 Å². The maximum absolute atomic E-state index is 12.6. The molecular formula is C14H14FNO. The maximum atomic E-state index is 12.6. The molecule has 0 aliphatic carbocycles. The first-order valence-corrected chi connectivity index (χ1v) is 5.37. The molecule has 0 saturated carbocycles. The summed E-state index contributed by atoms with van der Waals surface area (Å²) < 4.78 is 12.6. The molecule has 0 radical (unpaired) electrons. The van der Waals surface area contributed by atoms with Crippen molar-refractivity contribution in [3.8, 4) is 12.3 Å². The summed E-state index contributed by atoms with van der Waals surface area (Å²) in [5.74, 6) is 2.03. The van der Waals surface area contributed by atoms with Gasteiger partial charge in [-0.15, -0.1) is 12.3 Å². The summed E-state index contributed by atoms with van der Waals surface area (Å²) in [7, 11) is 0. The molecule has 17 heavy (non-hydrogen) atoms. The molecular weight excluding hydrogens is 217 g/mol. The van der Waals surface area contributed by atoms with E-state index in [0.717, 1.165) is 12.0 Å². The quantitative estimate of drug-likeness (QED) is 0.470. The topological polar surface area (TPSA) is 29.1 Å². The summed E-state index contributed by atoms with van der Waals surface area (Å²) in [4.78, 5) is 11.3. The van der Waals surface area contributed by atoms with Crippen molar-refractivity contribution in [1.29, 1.82) is 0 Å². The van der Waals surface area contributed by atoms with Crippen LogP contribution in [0, 0.1) is 18.2 Å². The Morgan fingerprint density at radius 3 is 2.76 bits per heavy atom. The molecule has 1 aromatic rings. The number of terminal acetylenes is 1. The molecule has 0 spiro atoms. The Morgan fingerprint density at radius 2 is 2.12 bits per heavy atom. The number of rotatable bonds is 5. The van der Waals surface area contributed by atoms with Crippen LogP contribution in [-0.4, -0.2) is 12.5 Å². The zero-order valence-corrected chi connectivity index (χ0v) is 9.45. The smallest absolute Gasteiger partial charge is 0.243 e. The van der Waals surface area contributed by atoms with Gasteiger partial charge in [0, 0.05) is 19.0 Å². The summed E-state index contributed by atoms with van der Waals surface area (Å²) in [6, 6.07) is 5.92. The number of hydrogen-bond acceptors (Lipinski definition) is 1. The van der Waals surface area contributed by atoms with Crippen molar-refractivity contribution in [3.63, 3.8) is 0 Å². The maximum Gasteiger partial charge on any atom is 0.243 e. The van der Waals surface area contributed by atoms with Gasteiger partial charge in [0.05, 0.1) is 0 Å². The first-order valence-electron chi connectivity index (χ1n) is 5.37. The van der Waals surface area contributed by atoms with E-state index in [4.69, 9.17) is 6.42 Å². The number of hydrogen-bond donors (Lipinski definition) is 1. The van der Waals surface area contributed by atoms with Crippen LogP contribution >= 0.6 is 0 Å². The zero-order chi connectivity index (χ0) is 12.5. The Kier molecular flexibility index (Phi) is 5.53. The fraction of sp³-hybridized carbons (Fsp3) is 0.214. The van der Waals surface area contributed by atoms with Gasteiger partial charge in [0.25, 0.3) is 0 Å². The third-order valence-corrected chi connectivity index (χ3v) is 2.09. The molecule has 1 aromatic carbocycles. The van der Waals surface area contributed by atoms with Gasteiger partial charge in [-0.05, 0) is 30.2 Å². The monoisotopic (exact) mass is 231 g/mol. The van der Waals surface area contributed by atoms with Gasteiger partial charge in [-0.1, -0.05) is 12.1 Å². The predicted molar refractivity (Wildman–Crippen MR) is 66.5 cm³/mol. The highest BCUT2D eigenvalue weighted by molar-refractivity contribution is 5.91. The minimum absolute atomic E-state index is 0.175. The van der Waals surface area contributed by atoms with Crippen LogP contribution in [-0.2, 0) is 4.79 Å². The number of amides is 1. The van der Waals surface area contributed by atoms with E-state index in [-0.39, 0.29) is 11.7 Å². The van der Waals surface area contributed by atoms with Crippen LogP contribution < -0.4 is 5.32 Å².